The van der Waals surface area contributed by atoms with Crippen LogP contribution >= 0.6 is 27.7 Å². The normalized spacial score (nSPS) is 21.7. The Labute approximate surface area is 211 Å². The predicted octanol–water partition coefficient (Wildman–Crippen LogP) is 1.55. The number of hydrogen-bond acceptors (Lipinski definition) is 10. The first-order valence-corrected chi connectivity index (χ1v) is 12.3. The minimum atomic E-state index is -1.36. The van der Waals surface area contributed by atoms with Gasteiger partial charge in [-0.15, -0.1) is 0 Å². The van der Waals surface area contributed by atoms with E-state index in [0.717, 1.165) is 21.8 Å². The molecule has 4 rings (SSSR count). The number of fused-ring (bicyclic) bond motifs is 1. The minimum Gasteiger partial charge on any atom is -0.388 e. The molecule has 3 heterocycles. The zero-order valence-electron chi connectivity index (χ0n) is 18.2. The third-order valence-corrected chi connectivity index (χ3v) is 6.85. The number of hydrogen-bond donors (Lipinski definition) is 4. The zero-order valence-corrected chi connectivity index (χ0v) is 20.6. The van der Waals surface area contributed by atoms with E-state index in [2.05, 4.69) is 46.2 Å². The van der Waals surface area contributed by atoms with Gasteiger partial charge in [0.1, 0.15) is 18.5 Å². The fourth-order valence-electron chi connectivity index (χ4n) is 3.63. The first-order chi connectivity index (χ1) is 16.9. The van der Waals surface area contributed by atoms with Crippen molar-refractivity contribution in [2.75, 3.05) is 24.6 Å². The Morgan fingerprint density at radius 3 is 2.83 bits per heavy atom. The van der Waals surface area contributed by atoms with E-state index < -0.39 is 24.5 Å². The fraction of sp³-hybridized carbons (Fsp3) is 0.400. The first-order valence-electron chi connectivity index (χ1n) is 10.5. The van der Waals surface area contributed by atoms with Gasteiger partial charge in [0.2, 0.25) is 5.91 Å². The van der Waals surface area contributed by atoms with Crippen molar-refractivity contribution in [3.8, 4) is 0 Å². The van der Waals surface area contributed by atoms with Crippen LogP contribution in [-0.4, -0.2) is 72.8 Å². The number of aliphatic hydroxyl groups excluding tert-OH is 2. The lowest BCUT2D eigenvalue weighted by atomic mass is 10.1. The summed E-state index contributed by atoms with van der Waals surface area (Å²) in [5.41, 5.74) is 16.2. The lowest BCUT2D eigenvalue weighted by Gasteiger charge is -2.19. The zero-order chi connectivity index (χ0) is 24.9. The number of ether oxygens (including phenoxy) is 1. The number of carbonyl (C=O) groups is 1. The molecule has 184 valence electrons. The van der Waals surface area contributed by atoms with E-state index in [1.807, 2.05) is 24.3 Å². The second kappa shape index (κ2) is 11.2. The van der Waals surface area contributed by atoms with E-state index in [1.54, 1.807) is 0 Å². The molecular weight excluding hydrogens is 542 g/mol. The van der Waals surface area contributed by atoms with Crippen LogP contribution in [-0.2, 0) is 16.0 Å². The Hall–Kier alpha value is -2.94. The summed E-state index contributed by atoms with van der Waals surface area (Å²) in [7, 11) is 0. The smallest absolute Gasteiger partial charge is 0.230 e. The molecule has 3 aromatic rings. The number of thioether (sulfide) groups is 1. The molecule has 1 aliphatic rings. The summed E-state index contributed by atoms with van der Waals surface area (Å²) in [6, 6.07) is 7.85. The second-order valence-electron chi connectivity index (χ2n) is 7.67. The van der Waals surface area contributed by atoms with Crippen LogP contribution in [0.5, 0.6) is 0 Å². The van der Waals surface area contributed by atoms with Crippen LogP contribution in [0.1, 0.15) is 11.8 Å². The van der Waals surface area contributed by atoms with Gasteiger partial charge in [0.15, 0.2) is 28.4 Å². The number of nitrogens with one attached hydrogen (secondary N) is 1. The largest absolute Gasteiger partial charge is 0.388 e. The maximum atomic E-state index is 12.5. The molecule has 13 nitrogen and oxygen atoms in total. The molecular formula is C20H22BrN9O4S. The van der Waals surface area contributed by atoms with Gasteiger partial charge < -0.3 is 26.0 Å². The summed E-state index contributed by atoms with van der Waals surface area (Å²) >= 11 is 4.50. The van der Waals surface area contributed by atoms with Crippen molar-refractivity contribution in [1.29, 1.82) is 0 Å². The topological polar surface area (TPSA) is 197 Å². The number of rotatable bonds is 9. The summed E-state index contributed by atoms with van der Waals surface area (Å²) in [6.07, 6.45) is -2.76. The average Bonchev–Trinajstić information content (AvgIpc) is 3.35. The molecule has 0 spiro atoms. The molecule has 0 unspecified atom stereocenters. The molecule has 0 aliphatic carbocycles. The van der Waals surface area contributed by atoms with Crippen LogP contribution in [0.25, 0.3) is 21.6 Å². The number of anilines is 1. The van der Waals surface area contributed by atoms with Gasteiger partial charge >= 0.3 is 0 Å². The predicted molar refractivity (Wildman–Crippen MR) is 131 cm³/mol. The Morgan fingerprint density at radius 2 is 2.09 bits per heavy atom. The Bertz CT molecular complexity index is 1250. The number of amides is 1. The maximum Gasteiger partial charge on any atom is 0.230 e. The number of imidazole rings is 1. The van der Waals surface area contributed by atoms with Crippen LogP contribution in [0.3, 0.4) is 0 Å². The van der Waals surface area contributed by atoms with Crippen LogP contribution in [0.4, 0.5) is 5.82 Å². The lowest BCUT2D eigenvalue weighted by molar-refractivity contribution is -0.118. The van der Waals surface area contributed by atoms with E-state index in [-0.39, 0.29) is 35.2 Å². The number of aliphatic hydroxyl groups is 2. The summed E-state index contributed by atoms with van der Waals surface area (Å²) in [5, 5.41) is 27.6. The highest BCUT2D eigenvalue weighted by Gasteiger charge is 2.45. The summed E-state index contributed by atoms with van der Waals surface area (Å²) in [6.45, 7) is 0.297. The number of azide groups is 1. The van der Waals surface area contributed by atoms with Gasteiger partial charge in [0.25, 0.3) is 0 Å². The number of carbonyl (C=O) groups excluding carboxylic acids is 1. The van der Waals surface area contributed by atoms with Crippen molar-refractivity contribution in [3.05, 3.63) is 51.1 Å². The standard InChI is InChI=1S/C20H22BrN9O4S/c21-11-3-1-10(2-4-11)5-6-24-13(31)8-35-20-28-14-17(22)25-9-26-18(14)30(20)19-16(33)15(32)12(34-19)7-27-29-23/h1-4,9,12,15-16,19,32-33H,5-8H2,(H,24,31)(H2,22,25,26)/t12-,15-,16-,19-/m1/s1. The van der Waals surface area contributed by atoms with Gasteiger partial charge in [-0.25, -0.2) is 15.0 Å². The molecule has 0 saturated carbocycles. The molecule has 15 heteroatoms. The number of nitrogen functional groups attached to an aromatic ring is 1. The molecule has 2 aromatic heterocycles. The quantitative estimate of drug-likeness (QED) is 0.129. The van der Waals surface area contributed by atoms with Crippen molar-refractivity contribution in [2.24, 2.45) is 5.11 Å². The summed E-state index contributed by atoms with van der Waals surface area (Å²) in [5.74, 6) is -0.0583. The Kier molecular flexibility index (Phi) is 8.05. The number of aromatic nitrogens is 4. The average molecular weight is 564 g/mol. The van der Waals surface area contributed by atoms with Gasteiger partial charge in [-0.2, -0.15) is 0 Å². The maximum absolute atomic E-state index is 12.5. The molecule has 0 bridgehead atoms. The number of nitrogens with two attached hydrogens (primary N) is 1. The molecule has 4 atom stereocenters. The number of nitrogens with zero attached hydrogens (tertiary/aromatic N) is 7. The lowest BCUT2D eigenvalue weighted by Crippen LogP contribution is -2.33. The number of halogens is 1. The van der Waals surface area contributed by atoms with Crippen molar-refractivity contribution >= 4 is 50.6 Å². The Morgan fingerprint density at radius 1 is 1.31 bits per heavy atom. The van der Waals surface area contributed by atoms with E-state index in [1.165, 1.54) is 10.9 Å². The van der Waals surface area contributed by atoms with Gasteiger partial charge in [-0.1, -0.05) is 44.9 Å². The van der Waals surface area contributed by atoms with Gasteiger partial charge in [0, 0.05) is 15.9 Å². The van der Waals surface area contributed by atoms with Gasteiger partial charge in [-0.05, 0) is 29.6 Å². The Balaban J connectivity index is 1.48. The fourth-order valence-corrected chi connectivity index (χ4v) is 4.74. The van der Waals surface area contributed by atoms with Crippen molar-refractivity contribution < 1.29 is 19.7 Å². The third kappa shape index (κ3) is 5.66. The van der Waals surface area contributed by atoms with Gasteiger partial charge in [-0.3, -0.25) is 9.36 Å². The highest BCUT2D eigenvalue weighted by molar-refractivity contribution is 9.10. The molecule has 1 fully saturated rings. The van der Waals surface area contributed by atoms with Crippen LogP contribution < -0.4 is 11.1 Å². The molecule has 5 N–H and O–H groups in total. The van der Waals surface area contributed by atoms with Crippen LogP contribution in [0.2, 0.25) is 0 Å². The number of benzene rings is 1. The first kappa shape index (κ1) is 25.2. The monoisotopic (exact) mass is 563 g/mol. The van der Waals surface area contributed by atoms with Crippen molar-refractivity contribution in [1.82, 2.24) is 24.8 Å². The molecule has 1 saturated heterocycles. The molecule has 1 amide bonds. The van der Waals surface area contributed by atoms with Crippen molar-refractivity contribution in [2.45, 2.75) is 36.1 Å². The van der Waals surface area contributed by atoms with E-state index in [0.29, 0.717) is 18.1 Å². The van der Waals surface area contributed by atoms with E-state index in [9.17, 15) is 15.0 Å². The molecule has 35 heavy (non-hydrogen) atoms. The second-order valence-corrected chi connectivity index (χ2v) is 9.53. The van der Waals surface area contributed by atoms with Crippen LogP contribution in [0.15, 0.2) is 45.3 Å². The minimum absolute atomic E-state index is 0.0323. The van der Waals surface area contributed by atoms with Crippen LogP contribution in [0, 0.1) is 0 Å². The molecule has 1 aliphatic heterocycles. The summed E-state index contributed by atoms with van der Waals surface area (Å²) in [4.78, 5) is 27.7. The molecule has 1 aromatic carbocycles. The van der Waals surface area contributed by atoms with Crippen molar-refractivity contribution in [3.63, 3.8) is 0 Å². The summed E-state index contributed by atoms with van der Waals surface area (Å²) < 4.78 is 8.25. The van der Waals surface area contributed by atoms with E-state index in [4.69, 9.17) is 16.0 Å². The van der Waals surface area contributed by atoms with E-state index >= 15 is 0 Å². The SMILES string of the molecule is [N-]=[N+]=NC[C@H]1O[C@@H](n2c(SCC(=O)NCCc3ccc(Br)cc3)nc3c(N)ncnc32)[C@H](O)[C@@H]1O. The van der Waals surface area contributed by atoms with Gasteiger partial charge in [0.05, 0.1) is 18.4 Å². The highest BCUT2D eigenvalue weighted by Crippen LogP contribution is 2.36. The third-order valence-electron chi connectivity index (χ3n) is 5.37. The highest BCUT2D eigenvalue weighted by atomic mass is 79.9. The molecule has 0 radical (unpaired) electrons.